The van der Waals surface area contributed by atoms with Gasteiger partial charge in [0.1, 0.15) is 11.6 Å². The molecule has 1 N–H and O–H groups in total. The fraction of sp³-hybridized carbons (Fsp3) is 0.222. The fourth-order valence-corrected chi connectivity index (χ4v) is 4.35. The van der Waals surface area contributed by atoms with Crippen LogP contribution in [0.15, 0.2) is 84.0 Å². The van der Waals surface area contributed by atoms with Gasteiger partial charge < -0.3 is 15.0 Å². The minimum atomic E-state index is -0.0987. The van der Waals surface area contributed by atoms with Crippen LogP contribution in [0.3, 0.4) is 0 Å². The molecule has 1 heterocycles. The predicted molar refractivity (Wildman–Crippen MR) is 142 cm³/mol. The Morgan fingerprint density at radius 2 is 1.69 bits per heavy atom. The second-order valence-electron chi connectivity index (χ2n) is 8.10. The maximum Gasteiger partial charge on any atom is 0.234 e. The monoisotopic (exact) mass is 487 g/mol. The van der Waals surface area contributed by atoms with E-state index in [-0.39, 0.29) is 11.7 Å². The topological polar surface area (TPSA) is 72.3 Å². The van der Waals surface area contributed by atoms with Gasteiger partial charge in [-0.3, -0.25) is 9.36 Å². The van der Waals surface area contributed by atoms with Crippen molar-refractivity contribution < 1.29 is 9.53 Å². The fourth-order valence-electron chi connectivity index (χ4n) is 3.57. The van der Waals surface area contributed by atoms with Crippen molar-refractivity contribution in [2.45, 2.75) is 18.5 Å². The number of hydrogen-bond donors (Lipinski definition) is 1. The van der Waals surface area contributed by atoms with Gasteiger partial charge in [-0.05, 0) is 61.0 Å². The Morgan fingerprint density at radius 3 is 2.34 bits per heavy atom. The summed E-state index contributed by atoms with van der Waals surface area (Å²) in [5, 5.41) is 12.5. The van der Waals surface area contributed by atoms with Crippen LogP contribution in [0.4, 0.5) is 11.4 Å². The molecular formula is C27H29N5O2S. The lowest BCUT2D eigenvalue weighted by molar-refractivity contribution is -0.113. The van der Waals surface area contributed by atoms with Gasteiger partial charge in [0.15, 0.2) is 5.16 Å². The van der Waals surface area contributed by atoms with E-state index < -0.39 is 0 Å². The normalized spacial score (nSPS) is 10.7. The first-order valence-corrected chi connectivity index (χ1v) is 12.4. The second kappa shape index (κ2) is 11.6. The first-order chi connectivity index (χ1) is 17.0. The van der Waals surface area contributed by atoms with Gasteiger partial charge in [0.25, 0.3) is 0 Å². The van der Waals surface area contributed by atoms with Crippen LogP contribution in [-0.2, 0) is 11.2 Å². The Labute approximate surface area is 210 Å². The van der Waals surface area contributed by atoms with Crippen LogP contribution in [-0.4, -0.2) is 47.1 Å². The van der Waals surface area contributed by atoms with Crippen LogP contribution >= 0.6 is 11.8 Å². The minimum Gasteiger partial charge on any atom is -0.494 e. The molecule has 7 nitrogen and oxygen atoms in total. The number of nitrogens with one attached hydrogen (secondary N) is 1. The third kappa shape index (κ3) is 6.42. The van der Waals surface area contributed by atoms with Crippen LogP contribution in [0.2, 0.25) is 0 Å². The molecule has 0 fully saturated rings. The summed E-state index contributed by atoms with van der Waals surface area (Å²) < 4.78 is 7.60. The molecule has 0 aliphatic heterocycles. The zero-order valence-corrected chi connectivity index (χ0v) is 21.0. The molecule has 0 atom stereocenters. The van der Waals surface area contributed by atoms with Gasteiger partial charge in [0.05, 0.1) is 12.4 Å². The van der Waals surface area contributed by atoms with E-state index >= 15 is 0 Å². The van der Waals surface area contributed by atoms with E-state index in [2.05, 4.69) is 27.6 Å². The molecule has 4 aromatic rings. The molecule has 0 saturated carbocycles. The molecule has 1 amide bonds. The van der Waals surface area contributed by atoms with Gasteiger partial charge in [-0.15, -0.1) is 10.2 Å². The van der Waals surface area contributed by atoms with Crippen molar-refractivity contribution in [1.82, 2.24) is 14.8 Å². The van der Waals surface area contributed by atoms with E-state index in [0.717, 1.165) is 34.2 Å². The smallest absolute Gasteiger partial charge is 0.234 e. The summed E-state index contributed by atoms with van der Waals surface area (Å²) in [5.41, 5.74) is 3.90. The lowest BCUT2D eigenvalue weighted by Crippen LogP contribution is -2.15. The number of carbonyl (C=O) groups excluding carboxylic acids is 1. The van der Waals surface area contributed by atoms with Gasteiger partial charge >= 0.3 is 0 Å². The van der Waals surface area contributed by atoms with Crippen LogP contribution in [0.5, 0.6) is 5.75 Å². The minimum absolute atomic E-state index is 0.0987. The molecule has 180 valence electrons. The van der Waals surface area contributed by atoms with E-state index in [9.17, 15) is 4.79 Å². The van der Waals surface area contributed by atoms with Crippen molar-refractivity contribution in [2.24, 2.45) is 0 Å². The van der Waals surface area contributed by atoms with E-state index in [1.807, 2.05) is 97.2 Å². The van der Waals surface area contributed by atoms with Crippen molar-refractivity contribution in [2.75, 3.05) is 36.7 Å². The number of anilines is 2. The van der Waals surface area contributed by atoms with Crippen molar-refractivity contribution in [3.8, 4) is 11.4 Å². The number of hydrogen-bond acceptors (Lipinski definition) is 6. The van der Waals surface area contributed by atoms with Crippen molar-refractivity contribution in [1.29, 1.82) is 0 Å². The predicted octanol–water partition coefficient (Wildman–Crippen LogP) is 5.05. The first-order valence-electron chi connectivity index (χ1n) is 11.4. The summed E-state index contributed by atoms with van der Waals surface area (Å²) in [6.07, 6.45) is 0.631. The summed E-state index contributed by atoms with van der Waals surface area (Å²) in [6, 6.07) is 25.7. The van der Waals surface area contributed by atoms with Crippen molar-refractivity contribution in [3.63, 3.8) is 0 Å². The third-order valence-corrected chi connectivity index (χ3v) is 6.24. The Morgan fingerprint density at radius 1 is 0.971 bits per heavy atom. The zero-order valence-electron chi connectivity index (χ0n) is 20.1. The number of amides is 1. The number of rotatable bonds is 10. The molecule has 0 unspecified atom stereocenters. The molecule has 0 bridgehead atoms. The van der Waals surface area contributed by atoms with Crippen molar-refractivity contribution in [3.05, 3.63) is 90.3 Å². The van der Waals surface area contributed by atoms with E-state index in [1.54, 1.807) is 0 Å². The Balaban J connectivity index is 1.51. The largest absolute Gasteiger partial charge is 0.494 e. The first kappa shape index (κ1) is 24.3. The molecule has 8 heteroatoms. The summed E-state index contributed by atoms with van der Waals surface area (Å²) in [7, 11) is 3.97. The number of thioether (sulfide) groups is 1. The molecular weight excluding hydrogens is 458 g/mol. The highest BCUT2D eigenvalue weighted by atomic mass is 32.2. The van der Waals surface area contributed by atoms with Crippen LogP contribution < -0.4 is 15.0 Å². The van der Waals surface area contributed by atoms with Crippen LogP contribution in [0, 0.1) is 0 Å². The lowest BCUT2D eigenvalue weighted by atomic mass is 10.1. The highest BCUT2D eigenvalue weighted by Crippen LogP contribution is 2.25. The molecule has 0 radical (unpaired) electrons. The van der Waals surface area contributed by atoms with E-state index in [4.69, 9.17) is 4.74 Å². The Kier molecular flexibility index (Phi) is 8.05. The molecule has 1 aromatic heterocycles. The Bertz CT molecular complexity index is 1240. The second-order valence-corrected chi connectivity index (χ2v) is 9.04. The highest BCUT2D eigenvalue weighted by molar-refractivity contribution is 7.99. The zero-order chi connectivity index (χ0) is 24.6. The average Bonchev–Trinajstić information content (AvgIpc) is 3.26. The van der Waals surface area contributed by atoms with Gasteiger partial charge in [0.2, 0.25) is 5.91 Å². The molecule has 0 aliphatic rings. The third-order valence-electron chi connectivity index (χ3n) is 5.31. The van der Waals surface area contributed by atoms with Gasteiger partial charge in [0, 0.05) is 37.6 Å². The van der Waals surface area contributed by atoms with Crippen molar-refractivity contribution >= 4 is 29.0 Å². The van der Waals surface area contributed by atoms with Crippen LogP contribution in [0.1, 0.15) is 18.3 Å². The van der Waals surface area contributed by atoms with E-state index in [1.165, 1.54) is 11.8 Å². The maximum atomic E-state index is 12.7. The van der Waals surface area contributed by atoms with E-state index in [0.29, 0.717) is 18.2 Å². The summed E-state index contributed by atoms with van der Waals surface area (Å²) >= 11 is 1.36. The number of carbonyl (C=O) groups is 1. The molecule has 3 aromatic carbocycles. The quantitative estimate of drug-likeness (QED) is 0.316. The average molecular weight is 488 g/mol. The number of nitrogens with zero attached hydrogens (tertiary/aromatic N) is 4. The molecule has 35 heavy (non-hydrogen) atoms. The number of aromatic nitrogens is 3. The number of benzene rings is 3. The van der Waals surface area contributed by atoms with Gasteiger partial charge in [-0.2, -0.15) is 0 Å². The molecule has 0 saturated heterocycles. The molecule has 0 spiro atoms. The van der Waals surface area contributed by atoms with Crippen LogP contribution in [0.25, 0.3) is 5.69 Å². The maximum absolute atomic E-state index is 12.7. The molecule has 0 aliphatic carbocycles. The SMILES string of the molecule is CCOc1ccc(-n2c(Cc3ccccc3)nnc2SCC(=O)Nc2ccc(N(C)C)cc2)cc1. The van der Waals surface area contributed by atoms with Gasteiger partial charge in [-0.1, -0.05) is 42.1 Å². The van der Waals surface area contributed by atoms with Gasteiger partial charge in [-0.25, -0.2) is 0 Å². The summed E-state index contributed by atoms with van der Waals surface area (Å²) in [6.45, 7) is 2.57. The highest BCUT2D eigenvalue weighted by Gasteiger charge is 2.17. The molecule has 4 rings (SSSR count). The standard InChI is InChI=1S/C27H29N5O2S/c1-4-34-24-16-14-23(15-17-24)32-25(18-20-8-6-5-7-9-20)29-30-27(32)35-19-26(33)28-21-10-12-22(13-11-21)31(2)3/h5-17H,4,18-19H2,1-3H3,(H,28,33). The number of ether oxygens (including phenoxy) is 1. The lowest BCUT2D eigenvalue weighted by Gasteiger charge is -2.13. The summed E-state index contributed by atoms with van der Waals surface area (Å²) in [4.78, 5) is 14.7. The Hall–Kier alpha value is -3.78. The summed E-state index contributed by atoms with van der Waals surface area (Å²) in [5.74, 6) is 1.74.